The van der Waals surface area contributed by atoms with Crippen molar-refractivity contribution in [3.8, 4) is 0 Å². The normalized spacial score (nSPS) is 12.3. The minimum absolute atomic E-state index is 0.118. The van der Waals surface area contributed by atoms with E-state index >= 15 is 0 Å². The number of amides is 1. The van der Waals surface area contributed by atoms with Crippen molar-refractivity contribution in [2.24, 2.45) is 0 Å². The van der Waals surface area contributed by atoms with Crippen LogP contribution in [0.2, 0.25) is 0 Å². The molecule has 1 aromatic rings. The van der Waals surface area contributed by atoms with Crippen LogP contribution in [0.1, 0.15) is 52.8 Å². The van der Waals surface area contributed by atoms with Crippen molar-refractivity contribution in [3.63, 3.8) is 0 Å². The minimum atomic E-state index is -0.488. The van der Waals surface area contributed by atoms with Gasteiger partial charge in [0.15, 0.2) is 0 Å². The highest BCUT2D eigenvalue weighted by molar-refractivity contribution is 5.67. The average Bonchev–Trinajstić information content (AvgIpc) is 2.70. The van der Waals surface area contributed by atoms with Gasteiger partial charge in [0.05, 0.1) is 18.3 Å². The Kier molecular flexibility index (Phi) is 6.00. The lowest BCUT2D eigenvalue weighted by molar-refractivity contribution is 0.0528. The molecule has 0 atom stereocenters. The number of ether oxygens (including phenoxy) is 2. The first kappa shape index (κ1) is 18.5. The molecule has 126 valence electrons. The van der Waals surface area contributed by atoms with Gasteiger partial charge in [0, 0.05) is 31.3 Å². The third kappa shape index (κ3) is 5.67. The van der Waals surface area contributed by atoms with Crippen LogP contribution in [0.4, 0.5) is 4.79 Å². The van der Waals surface area contributed by atoms with Crippen LogP contribution < -0.4 is 5.32 Å². The highest BCUT2D eigenvalue weighted by Crippen LogP contribution is 2.20. The third-order valence-electron chi connectivity index (χ3n) is 2.92. The van der Waals surface area contributed by atoms with E-state index in [9.17, 15) is 4.79 Å². The Bertz CT molecular complexity index is 496. The summed E-state index contributed by atoms with van der Waals surface area (Å²) in [6.07, 6.45) is 2.11. The molecule has 0 bridgehead atoms. The van der Waals surface area contributed by atoms with Crippen LogP contribution in [0, 0.1) is 0 Å². The molecular formula is C16H29N3O3. The van der Waals surface area contributed by atoms with Gasteiger partial charge in [-0.25, -0.2) is 4.79 Å². The van der Waals surface area contributed by atoms with E-state index in [0.29, 0.717) is 19.6 Å². The summed E-state index contributed by atoms with van der Waals surface area (Å²) in [4.78, 5) is 11.7. The molecule has 0 saturated carbocycles. The third-order valence-corrected chi connectivity index (χ3v) is 2.92. The largest absolute Gasteiger partial charge is 0.444 e. The van der Waals surface area contributed by atoms with Crippen LogP contribution in [0.3, 0.4) is 0 Å². The van der Waals surface area contributed by atoms with Gasteiger partial charge in [-0.2, -0.15) is 5.10 Å². The molecule has 1 heterocycles. The number of carbonyl (C=O) groups excluding carboxylic acids is 1. The van der Waals surface area contributed by atoms with E-state index in [1.807, 2.05) is 31.6 Å². The Hall–Kier alpha value is -1.56. The zero-order chi connectivity index (χ0) is 17.0. The van der Waals surface area contributed by atoms with Gasteiger partial charge >= 0.3 is 6.09 Å². The number of aromatic nitrogens is 2. The second kappa shape index (κ2) is 7.13. The number of nitrogens with zero attached hydrogens (tertiary/aromatic N) is 2. The SMILES string of the molecule is COCc1cnn(C(C)(C)C)c1CCNC(=O)OC(C)(C)C. The smallest absolute Gasteiger partial charge is 0.407 e. The molecule has 0 radical (unpaired) electrons. The first-order valence-corrected chi connectivity index (χ1v) is 7.56. The van der Waals surface area contributed by atoms with E-state index in [1.54, 1.807) is 7.11 Å². The summed E-state index contributed by atoms with van der Waals surface area (Å²) in [7, 11) is 1.66. The van der Waals surface area contributed by atoms with Crippen molar-refractivity contribution < 1.29 is 14.3 Å². The van der Waals surface area contributed by atoms with Crippen molar-refractivity contribution in [1.29, 1.82) is 0 Å². The lowest BCUT2D eigenvalue weighted by Crippen LogP contribution is -2.34. The van der Waals surface area contributed by atoms with Gasteiger partial charge in [0.1, 0.15) is 5.60 Å². The summed E-state index contributed by atoms with van der Waals surface area (Å²) in [5.41, 5.74) is 1.51. The summed E-state index contributed by atoms with van der Waals surface area (Å²) >= 11 is 0. The molecule has 1 amide bonds. The van der Waals surface area contributed by atoms with Crippen LogP contribution in [0.25, 0.3) is 0 Å². The van der Waals surface area contributed by atoms with Gasteiger partial charge in [0.25, 0.3) is 0 Å². The monoisotopic (exact) mass is 311 g/mol. The molecule has 0 fully saturated rings. The molecule has 1 aromatic heterocycles. The maximum Gasteiger partial charge on any atom is 0.407 e. The van der Waals surface area contributed by atoms with Gasteiger partial charge in [0.2, 0.25) is 0 Å². The zero-order valence-corrected chi connectivity index (χ0v) is 14.8. The number of methoxy groups -OCH3 is 1. The summed E-state index contributed by atoms with van der Waals surface area (Å²) in [5.74, 6) is 0. The Labute approximate surface area is 133 Å². The van der Waals surface area contributed by atoms with Crippen molar-refractivity contribution in [2.45, 2.75) is 65.7 Å². The van der Waals surface area contributed by atoms with E-state index in [4.69, 9.17) is 9.47 Å². The van der Waals surface area contributed by atoms with Gasteiger partial charge in [-0.1, -0.05) is 0 Å². The first-order valence-electron chi connectivity index (χ1n) is 7.56. The van der Waals surface area contributed by atoms with E-state index in [1.165, 1.54) is 0 Å². The lowest BCUT2D eigenvalue weighted by atomic mass is 10.1. The van der Waals surface area contributed by atoms with Gasteiger partial charge in [-0.3, -0.25) is 4.68 Å². The van der Waals surface area contributed by atoms with Crippen molar-refractivity contribution in [2.75, 3.05) is 13.7 Å². The van der Waals surface area contributed by atoms with Crippen LogP contribution in [0.5, 0.6) is 0 Å². The molecular weight excluding hydrogens is 282 g/mol. The summed E-state index contributed by atoms with van der Waals surface area (Å²) < 4.78 is 12.4. The topological polar surface area (TPSA) is 65.4 Å². The van der Waals surface area contributed by atoms with Gasteiger partial charge < -0.3 is 14.8 Å². The molecule has 0 aliphatic carbocycles. The molecule has 1 rings (SSSR count). The highest BCUT2D eigenvalue weighted by Gasteiger charge is 2.21. The van der Waals surface area contributed by atoms with Crippen LogP contribution in [-0.4, -0.2) is 35.1 Å². The van der Waals surface area contributed by atoms with Crippen LogP contribution in [0.15, 0.2) is 6.20 Å². The molecule has 0 aliphatic heterocycles. The second-order valence-electron chi connectivity index (χ2n) is 7.31. The second-order valence-corrected chi connectivity index (χ2v) is 7.31. The van der Waals surface area contributed by atoms with Crippen LogP contribution in [-0.2, 0) is 28.0 Å². The van der Waals surface area contributed by atoms with E-state index in [-0.39, 0.29) is 5.54 Å². The first-order chi connectivity index (χ1) is 10.0. The Balaban J connectivity index is 2.72. The van der Waals surface area contributed by atoms with Crippen molar-refractivity contribution in [1.82, 2.24) is 15.1 Å². The fourth-order valence-corrected chi connectivity index (χ4v) is 2.13. The maximum absolute atomic E-state index is 11.7. The fraction of sp³-hybridized carbons (Fsp3) is 0.750. The Morgan fingerprint density at radius 2 is 1.91 bits per heavy atom. The molecule has 6 nitrogen and oxygen atoms in total. The fourth-order valence-electron chi connectivity index (χ4n) is 2.13. The van der Waals surface area contributed by atoms with Gasteiger partial charge in [-0.05, 0) is 41.5 Å². The standard InChI is InChI=1S/C16H29N3O3/c1-15(2,3)19-13(12(10-18-19)11-21-7)8-9-17-14(20)22-16(4,5)6/h10H,8-9,11H2,1-7H3,(H,17,20). The predicted molar refractivity (Wildman–Crippen MR) is 85.9 cm³/mol. The highest BCUT2D eigenvalue weighted by atomic mass is 16.6. The molecule has 1 N–H and O–H groups in total. The molecule has 0 aliphatic rings. The number of hydrogen-bond acceptors (Lipinski definition) is 4. The molecule has 0 unspecified atom stereocenters. The van der Waals surface area contributed by atoms with Crippen molar-refractivity contribution >= 4 is 6.09 Å². The molecule has 22 heavy (non-hydrogen) atoms. The maximum atomic E-state index is 11.7. The molecule has 0 spiro atoms. The quantitative estimate of drug-likeness (QED) is 0.908. The van der Waals surface area contributed by atoms with E-state index < -0.39 is 11.7 Å². The summed E-state index contributed by atoms with van der Waals surface area (Å²) in [5, 5.41) is 7.24. The number of hydrogen-bond donors (Lipinski definition) is 1. The summed E-state index contributed by atoms with van der Waals surface area (Å²) in [6, 6.07) is 0. The Morgan fingerprint density at radius 1 is 1.27 bits per heavy atom. The van der Waals surface area contributed by atoms with E-state index in [2.05, 4.69) is 31.2 Å². The summed E-state index contributed by atoms with van der Waals surface area (Å²) in [6.45, 7) is 12.8. The number of carbonyl (C=O) groups is 1. The molecule has 0 saturated heterocycles. The number of alkyl carbamates (subject to hydrolysis) is 1. The predicted octanol–water partition coefficient (Wildman–Crippen LogP) is 2.85. The molecule has 6 heteroatoms. The molecule has 0 aromatic carbocycles. The zero-order valence-electron chi connectivity index (χ0n) is 14.8. The van der Waals surface area contributed by atoms with Gasteiger partial charge in [-0.15, -0.1) is 0 Å². The Morgan fingerprint density at radius 3 is 2.41 bits per heavy atom. The number of rotatable bonds is 5. The van der Waals surface area contributed by atoms with Crippen LogP contribution >= 0.6 is 0 Å². The lowest BCUT2D eigenvalue weighted by Gasteiger charge is -2.23. The number of nitrogens with one attached hydrogen (secondary N) is 1. The van der Waals surface area contributed by atoms with Crippen molar-refractivity contribution in [3.05, 3.63) is 17.5 Å². The average molecular weight is 311 g/mol. The minimum Gasteiger partial charge on any atom is -0.444 e. The van der Waals surface area contributed by atoms with E-state index in [0.717, 1.165) is 11.3 Å².